The van der Waals surface area contributed by atoms with E-state index in [-0.39, 0.29) is 11.4 Å². The van der Waals surface area contributed by atoms with Gasteiger partial charge in [-0.05, 0) is 49.2 Å². The van der Waals surface area contributed by atoms with Crippen LogP contribution >= 0.6 is 0 Å². The van der Waals surface area contributed by atoms with Crippen LogP contribution in [0.3, 0.4) is 0 Å². The summed E-state index contributed by atoms with van der Waals surface area (Å²) in [4.78, 5) is 23.9. The summed E-state index contributed by atoms with van der Waals surface area (Å²) in [5.74, 6) is 0.382. The highest BCUT2D eigenvalue weighted by atomic mass is 16.5. The minimum Gasteiger partial charge on any atom is -0.496 e. The predicted molar refractivity (Wildman–Crippen MR) is 123 cm³/mol. The van der Waals surface area contributed by atoms with Crippen molar-refractivity contribution in [3.63, 3.8) is 0 Å². The number of amides is 2. The van der Waals surface area contributed by atoms with Crippen LogP contribution in [0.25, 0.3) is 6.08 Å². The number of para-hydroxylation sites is 1. The van der Waals surface area contributed by atoms with Gasteiger partial charge in [-0.25, -0.2) is 0 Å². The molecule has 3 aromatic rings. The predicted octanol–water partition coefficient (Wildman–Crippen LogP) is 3.55. The number of methoxy groups -OCH3 is 1. The van der Waals surface area contributed by atoms with Gasteiger partial charge in [-0.3, -0.25) is 14.3 Å². The number of hydrogen-bond donors (Lipinski definition) is 2. The number of ether oxygens (including phenoxy) is 2. The van der Waals surface area contributed by atoms with E-state index < -0.39 is 11.8 Å². The first-order chi connectivity index (χ1) is 15.4. The van der Waals surface area contributed by atoms with Crippen LogP contribution in [0.5, 0.6) is 11.5 Å². The lowest BCUT2D eigenvalue weighted by molar-refractivity contribution is -0.111. The first-order valence-corrected chi connectivity index (χ1v) is 10.1. The largest absolute Gasteiger partial charge is 0.496 e. The molecule has 0 spiro atoms. The molecule has 2 amide bonds. The summed E-state index contributed by atoms with van der Waals surface area (Å²) in [6.45, 7) is 4.72. The highest BCUT2D eigenvalue weighted by molar-refractivity contribution is 6.06. The summed E-state index contributed by atoms with van der Waals surface area (Å²) >= 11 is 0. The second-order valence-corrected chi connectivity index (χ2v) is 7.06. The highest BCUT2D eigenvalue weighted by Gasteiger charge is 2.15. The van der Waals surface area contributed by atoms with Gasteiger partial charge in [-0.2, -0.15) is 5.10 Å². The molecule has 0 fully saturated rings. The third kappa shape index (κ3) is 5.54. The first-order valence-electron chi connectivity index (χ1n) is 10.1. The maximum absolute atomic E-state index is 12.4. The molecule has 0 aliphatic rings. The van der Waals surface area contributed by atoms with Gasteiger partial charge >= 0.3 is 0 Å². The lowest BCUT2D eigenvalue weighted by Crippen LogP contribution is -2.16. The molecule has 0 atom stereocenters. The van der Waals surface area contributed by atoms with Crippen molar-refractivity contribution in [2.75, 3.05) is 12.4 Å². The summed E-state index contributed by atoms with van der Waals surface area (Å²) < 4.78 is 12.9. The Labute approximate surface area is 186 Å². The van der Waals surface area contributed by atoms with Crippen molar-refractivity contribution in [2.45, 2.75) is 27.0 Å². The van der Waals surface area contributed by atoms with E-state index in [1.807, 2.05) is 56.3 Å². The Bertz CT molecular complexity index is 1150. The molecule has 0 unspecified atom stereocenters. The zero-order valence-electron chi connectivity index (χ0n) is 18.3. The third-order valence-electron chi connectivity index (χ3n) is 4.79. The molecule has 0 saturated carbocycles. The van der Waals surface area contributed by atoms with Crippen LogP contribution in [0.15, 0.2) is 54.7 Å². The Kier molecular flexibility index (Phi) is 7.28. The van der Waals surface area contributed by atoms with Crippen LogP contribution in [-0.2, 0) is 17.9 Å². The van der Waals surface area contributed by atoms with E-state index in [1.54, 1.807) is 19.4 Å². The molecule has 8 nitrogen and oxygen atoms in total. The van der Waals surface area contributed by atoms with Gasteiger partial charge in [0.25, 0.3) is 5.91 Å². The molecule has 32 heavy (non-hydrogen) atoms. The standard InChI is InChI=1S/C24H26N4O4/c1-4-28-14-19(23(27-28)24(25)30)26-22(29)12-10-17-9-11-21(31-3)18(13-17)15-32-20-8-6-5-7-16(20)2/h5-14H,4,15H2,1-3H3,(H2,25,30)(H,26,29)/b12-10+. The Morgan fingerprint density at radius 2 is 1.97 bits per heavy atom. The number of nitrogens with one attached hydrogen (secondary N) is 1. The van der Waals surface area contributed by atoms with E-state index in [9.17, 15) is 9.59 Å². The summed E-state index contributed by atoms with van der Waals surface area (Å²) in [5.41, 5.74) is 8.32. The molecular weight excluding hydrogens is 408 g/mol. The fraction of sp³-hybridized carbons (Fsp3) is 0.208. The van der Waals surface area contributed by atoms with Crippen molar-refractivity contribution in [1.82, 2.24) is 9.78 Å². The minimum absolute atomic E-state index is 0.0219. The smallest absolute Gasteiger partial charge is 0.271 e. The molecule has 3 N–H and O–H groups in total. The number of carbonyl (C=O) groups excluding carboxylic acids is 2. The van der Waals surface area contributed by atoms with Crippen LogP contribution in [0.1, 0.15) is 34.1 Å². The molecule has 0 saturated heterocycles. The number of nitrogens with zero attached hydrogens (tertiary/aromatic N) is 2. The van der Waals surface area contributed by atoms with Gasteiger partial charge in [0.15, 0.2) is 5.69 Å². The molecule has 0 radical (unpaired) electrons. The van der Waals surface area contributed by atoms with Gasteiger partial charge in [0.05, 0.1) is 12.8 Å². The zero-order chi connectivity index (χ0) is 23.1. The Hall–Kier alpha value is -4.07. The average molecular weight is 434 g/mol. The molecule has 3 rings (SSSR count). The average Bonchev–Trinajstić information content (AvgIpc) is 3.20. The Balaban J connectivity index is 1.72. The number of benzene rings is 2. The number of aromatic nitrogens is 2. The summed E-state index contributed by atoms with van der Waals surface area (Å²) in [5, 5.41) is 6.70. The van der Waals surface area contributed by atoms with Crippen molar-refractivity contribution in [3.8, 4) is 11.5 Å². The number of carbonyl (C=O) groups is 2. The van der Waals surface area contributed by atoms with Crippen molar-refractivity contribution in [1.29, 1.82) is 0 Å². The summed E-state index contributed by atoms with van der Waals surface area (Å²) in [6.07, 6.45) is 4.61. The second-order valence-electron chi connectivity index (χ2n) is 7.06. The molecule has 1 aromatic heterocycles. The number of hydrogen-bond acceptors (Lipinski definition) is 5. The van der Waals surface area contributed by atoms with Gasteiger partial charge in [0.2, 0.25) is 5.91 Å². The van der Waals surface area contributed by atoms with E-state index in [0.29, 0.717) is 18.9 Å². The van der Waals surface area contributed by atoms with Crippen molar-refractivity contribution >= 4 is 23.6 Å². The topological polar surface area (TPSA) is 108 Å². The van der Waals surface area contributed by atoms with E-state index in [1.165, 1.54) is 10.8 Å². The number of aryl methyl sites for hydroxylation is 2. The molecule has 0 aliphatic carbocycles. The number of nitrogens with two attached hydrogens (primary N) is 1. The van der Waals surface area contributed by atoms with Crippen molar-refractivity contribution < 1.29 is 19.1 Å². The lowest BCUT2D eigenvalue weighted by Gasteiger charge is -2.12. The molecule has 0 bridgehead atoms. The number of anilines is 1. The minimum atomic E-state index is -0.704. The monoisotopic (exact) mass is 434 g/mol. The highest BCUT2D eigenvalue weighted by Crippen LogP contribution is 2.24. The number of primary amides is 1. The first kappa shape index (κ1) is 22.6. The van der Waals surface area contributed by atoms with Gasteiger partial charge in [-0.15, -0.1) is 0 Å². The van der Waals surface area contributed by atoms with E-state index in [0.717, 1.165) is 22.4 Å². The van der Waals surface area contributed by atoms with Crippen LogP contribution < -0.4 is 20.5 Å². The van der Waals surface area contributed by atoms with E-state index in [4.69, 9.17) is 15.2 Å². The van der Waals surface area contributed by atoms with Crippen LogP contribution in [0, 0.1) is 6.92 Å². The van der Waals surface area contributed by atoms with Crippen LogP contribution in [0.4, 0.5) is 5.69 Å². The normalized spacial score (nSPS) is 10.8. The third-order valence-corrected chi connectivity index (χ3v) is 4.79. The molecule has 166 valence electrons. The van der Waals surface area contributed by atoms with Gasteiger partial charge in [-0.1, -0.05) is 24.3 Å². The maximum Gasteiger partial charge on any atom is 0.271 e. The molecule has 2 aromatic carbocycles. The summed E-state index contributed by atoms with van der Waals surface area (Å²) in [7, 11) is 1.60. The number of rotatable bonds is 9. The van der Waals surface area contributed by atoms with Crippen LogP contribution in [-0.4, -0.2) is 28.7 Å². The van der Waals surface area contributed by atoms with E-state index >= 15 is 0 Å². The van der Waals surface area contributed by atoms with Gasteiger partial charge in [0.1, 0.15) is 18.1 Å². The van der Waals surface area contributed by atoms with Gasteiger partial charge < -0.3 is 20.5 Å². The second kappa shape index (κ2) is 10.3. The van der Waals surface area contributed by atoms with E-state index in [2.05, 4.69) is 10.4 Å². The fourth-order valence-corrected chi connectivity index (χ4v) is 3.09. The molecule has 8 heteroatoms. The van der Waals surface area contributed by atoms with Crippen LogP contribution in [0.2, 0.25) is 0 Å². The molecular formula is C24H26N4O4. The Morgan fingerprint density at radius 1 is 1.19 bits per heavy atom. The Morgan fingerprint density at radius 3 is 2.66 bits per heavy atom. The molecule has 1 heterocycles. The maximum atomic E-state index is 12.4. The van der Waals surface area contributed by atoms with Crippen molar-refractivity contribution in [2.24, 2.45) is 5.73 Å². The van der Waals surface area contributed by atoms with Crippen molar-refractivity contribution in [3.05, 3.63) is 77.1 Å². The van der Waals surface area contributed by atoms with Gasteiger partial charge in [0, 0.05) is 24.4 Å². The fourth-order valence-electron chi connectivity index (χ4n) is 3.09. The lowest BCUT2D eigenvalue weighted by atomic mass is 10.1. The quantitative estimate of drug-likeness (QED) is 0.501. The summed E-state index contributed by atoms with van der Waals surface area (Å²) in [6, 6.07) is 13.3. The SMILES string of the molecule is CCn1cc(NC(=O)/C=C/c2ccc(OC)c(COc3ccccc3C)c2)c(C(N)=O)n1. The zero-order valence-corrected chi connectivity index (χ0v) is 18.3. The molecule has 0 aliphatic heterocycles.